The highest BCUT2D eigenvalue weighted by Gasteiger charge is 2.21. The number of aliphatic imine (C=N–C) groups is 1. The van der Waals surface area contributed by atoms with Gasteiger partial charge in [-0.15, -0.1) is 11.8 Å². The van der Waals surface area contributed by atoms with Crippen LogP contribution in [-0.2, 0) is 11.2 Å². The van der Waals surface area contributed by atoms with E-state index in [1.54, 1.807) is 43.5 Å². The van der Waals surface area contributed by atoms with E-state index in [0.717, 1.165) is 27.7 Å². The molecule has 4 nitrogen and oxygen atoms in total. The minimum absolute atomic E-state index is 0.0917. The number of nitrogens with zero attached hydrogens (tertiary/aromatic N) is 1. The van der Waals surface area contributed by atoms with Crippen LogP contribution in [0.2, 0.25) is 10.0 Å². The molecule has 1 heterocycles. The van der Waals surface area contributed by atoms with Gasteiger partial charge in [0.25, 0.3) is 0 Å². The van der Waals surface area contributed by atoms with Crippen LogP contribution >= 0.6 is 35.0 Å². The average Bonchev–Trinajstić information content (AvgIpc) is 2.97. The van der Waals surface area contributed by atoms with Crippen molar-refractivity contribution in [2.75, 3.05) is 18.2 Å². The summed E-state index contributed by atoms with van der Waals surface area (Å²) >= 11 is 13.3. The first-order chi connectivity index (χ1) is 11.5. The zero-order valence-corrected chi connectivity index (χ0v) is 15.1. The van der Waals surface area contributed by atoms with Gasteiger partial charge in [-0.1, -0.05) is 23.2 Å². The Morgan fingerprint density at radius 1 is 1.25 bits per heavy atom. The Balaban J connectivity index is 1.59. The van der Waals surface area contributed by atoms with E-state index in [9.17, 15) is 4.79 Å². The van der Waals surface area contributed by atoms with Crippen LogP contribution in [0.25, 0.3) is 0 Å². The quantitative estimate of drug-likeness (QED) is 0.815. The first-order valence-electron chi connectivity index (χ1n) is 7.17. The molecule has 1 amide bonds. The molecule has 1 aliphatic heterocycles. The summed E-state index contributed by atoms with van der Waals surface area (Å²) in [5.41, 5.74) is 2.53. The molecule has 0 spiro atoms. The van der Waals surface area contributed by atoms with Crippen LogP contribution < -0.4 is 10.1 Å². The van der Waals surface area contributed by atoms with Crippen LogP contribution in [0.5, 0.6) is 5.75 Å². The van der Waals surface area contributed by atoms with Gasteiger partial charge in [0.1, 0.15) is 5.75 Å². The molecular formula is C17H14Cl2N2O2S. The first kappa shape index (κ1) is 17.1. The summed E-state index contributed by atoms with van der Waals surface area (Å²) in [7, 11) is 1.61. The number of anilines is 1. The lowest BCUT2D eigenvalue weighted by molar-refractivity contribution is -0.113. The Morgan fingerprint density at radius 2 is 2.00 bits per heavy atom. The molecular weight excluding hydrogens is 367 g/mol. The van der Waals surface area contributed by atoms with Gasteiger partial charge in [0.2, 0.25) is 5.91 Å². The Bertz CT molecular complexity index is 807. The third-order valence-electron chi connectivity index (χ3n) is 3.44. The van der Waals surface area contributed by atoms with E-state index in [0.29, 0.717) is 16.5 Å². The number of methoxy groups -OCH3 is 1. The predicted octanol–water partition coefficient (Wildman–Crippen LogP) is 4.96. The van der Waals surface area contributed by atoms with Gasteiger partial charge in [-0.2, -0.15) is 0 Å². The smallest absolute Gasteiger partial charge is 0.234 e. The molecule has 3 rings (SSSR count). The second-order valence-electron chi connectivity index (χ2n) is 5.13. The van der Waals surface area contributed by atoms with Gasteiger partial charge >= 0.3 is 0 Å². The van der Waals surface area contributed by atoms with Gasteiger partial charge < -0.3 is 10.1 Å². The molecule has 1 aliphatic rings. The summed E-state index contributed by atoms with van der Waals surface area (Å²) in [6.07, 6.45) is 0.647. The van der Waals surface area contributed by atoms with E-state index in [-0.39, 0.29) is 11.7 Å². The van der Waals surface area contributed by atoms with Crippen molar-refractivity contribution in [1.29, 1.82) is 0 Å². The highest BCUT2D eigenvalue weighted by atomic mass is 35.5. The molecule has 24 heavy (non-hydrogen) atoms. The summed E-state index contributed by atoms with van der Waals surface area (Å²) in [6.45, 7) is 0. The number of fused-ring (bicyclic) bond motifs is 1. The number of ether oxygens (including phenoxy) is 1. The largest absolute Gasteiger partial charge is 0.496 e. The third-order valence-corrected chi connectivity index (χ3v) is 4.89. The van der Waals surface area contributed by atoms with Crippen LogP contribution in [0.15, 0.2) is 41.4 Å². The molecule has 0 atom stereocenters. The highest BCUT2D eigenvalue weighted by molar-refractivity contribution is 8.14. The van der Waals surface area contributed by atoms with Crippen molar-refractivity contribution in [2.45, 2.75) is 6.42 Å². The van der Waals surface area contributed by atoms with E-state index < -0.39 is 0 Å². The Labute approximate surface area is 154 Å². The van der Waals surface area contributed by atoms with E-state index in [1.165, 1.54) is 11.8 Å². The maximum Gasteiger partial charge on any atom is 0.234 e. The molecule has 0 radical (unpaired) electrons. The number of rotatable bonds is 4. The minimum atomic E-state index is -0.0917. The second-order valence-corrected chi connectivity index (χ2v) is 7.05. The second kappa shape index (κ2) is 7.47. The number of carbonyl (C=O) groups is 1. The van der Waals surface area contributed by atoms with Crippen molar-refractivity contribution in [1.82, 2.24) is 0 Å². The summed E-state index contributed by atoms with van der Waals surface area (Å²) in [4.78, 5) is 16.6. The van der Waals surface area contributed by atoms with Gasteiger partial charge in [0.15, 0.2) is 0 Å². The molecule has 124 valence electrons. The number of amides is 1. The normalized spacial score (nSPS) is 12.5. The standard InChI is InChI=1S/C17H14Cl2N2O2S/c1-23-15-7-11(19)6-14-13(15)8-17(21-14)24-9-16(22)20-12-4-2-10(18)3-5-12/h2-7H,8-9H2,1H3,(H,20,22). The fourth-order valence-electron chi connectivity index (χ4n) is 2.35. The van der Waals surface area contributed by atoms with Gasteiger partial charge in [-0.25, -0.2) is 4.99 Å². The minimum Gasteiger partial charge on any atom is -0.496 e. The molecule has 0 saturated carbocycles. The Hall–Kier alpha value is -1.69. The third kappa shape index (κ3) is 4.04. The van der Waals surface area contributed by atoms with Crippen LogP contribution in [0.1, 0.15) is 5.56 Å². The number of nitrogens with one attached hydrogen (secondary N) is 1. The molecule has 0 aromatic heterocycles. The molecule has 1 N–H and O–H groups in total. The predicted molar refractivity (Wildman–Crippen MR) is 101 cm³/mol. The molecule has 2 aromatic carbocycles. The highest BCUT2D eigenvalue weighted by Crippen LogP contribution is 2.39. The zero-order chi connectivity index (χ0) is 17.1. The van der Waals surface area contributed by atoms with Gasteiger partial charge in [-0.3, -0.25) is 4.79 Å². The lowest BCUT2D eigenvalue weighted by Crippen LogP contribution is -2.15. The van der Waals surface area contributed by atoms with Gasteiger partial charge in [0.05, 0.1) is 23.6 Å². The maximum absolute atomic E-state index is 12.0. The van der Waals surface area contributed by atoms with Crippen molar-refractivity contribution in [3.05, 3.63) is 52.0 Å². The van der Waals surface area contributed by atoms with Crippen molar-refractivity contribution >= 4 is 57.3 Å². The zero-order valence-electron chi connectivity index (χ0n) is 12.8. The number of hydrogen-bond donors (Lipinski definition) is 1. The van der Waals surface area contributed by atoms with Crippen molar-refractivity contribution in [2.24, 2.45) is 4.99 Å². The summed E-state index contributed by atoms with van der Waals surface area (Å²) in [6, 6.07) is 10.6. The van der Waals surface area contributed by atoms with Crippen LogP contribution in [0.3, 0.4) is 0 Å². The van der Waals surface area contributed by atoms with Crippen LogP contribution in [0.4, 0.5) is 11.4 Å². The number of thioether (sulfide) groups is 1. The fourth-order valence-corrected chi connectivity index (χ4v) is 3.45. The number of hydrogen-bond acceptors (Lipinski definition) is 4. The van der Waals surface area contributed by atoms with Gasteiger partial charge in [0, 0.05) is 27.7 Å². The van der Waals surface area contributed by atoms with Crippen molar-refractivity contribution in [3.8, 4) is 5.75 Å². The van der Waals surface area contributed by atoms with E-state index in [2.05, 4.69) is 10.3 Å². The maximum atomic E-state index is 12.0. The van der Waals surface area contributed by atoms with Crippen molar-refractivity contribution in [3.63, 3.8) is 0 Å². The molecule has 0 saturated heterocycles. The molecule has 0 aliphatic carbocycles. The molecule has 7 heteroatoms. The van der Waals surface area contributed by atoms with E-state index in [4.69, 9.17) is 27.9 Å². The molecule has 0 unspecified atom stereocenters. The topological polar surface area (TPSA) is 50.7 Å². The lowest BCUT2D eigenvalue weighted by atomic mass is 10.1. The summed E-state index contributed by atoms with van der Waals surface area (Å²) < 4.78 is 5.34. The number of carbonyl (C=O) groups excluding carboxylic acids is 1. The van der Waals surface area contributed by atoms with Gasteiger partial charge in [-0.05, 0) is 36.4 Å². The number of benzene rings is 2. The average molecular weight is 381 g/mol. The Kier molecular flexibility index (Phi) is 5.33. The molecule has 0 fully saturated rings. The van der Waals surface area contributed by atoms with Crippen LogP contribution in [-0.4, -0.2) is 23.8 Å². The SMILES string of the molecule is COc1cc(Cl)cc2c1CC(SCC(=O)Nc1ccc(Cl)cc1)=N2. The van der Waals surface area contributed by atoms with Crippen molar-refractivity contribution < 1.29 is 9.53 Å². The first-order valence-corrected chi connectivity index (χ1v) is 8.91. The summed E-state index contributed by atoms with van der Waals surface area (Å²) in [5, 5.41) is 4.92. The monoisotopic (exact) mass is 380 g/mol. The molecule has 0 bridgehead atoms. The number of halogens is 2. The van der Waals surface area contributed by atoms with E-state index in [1.807, 2.05) is 0 Å². The summed E-state index contributed by atoms with van der Waals surface area (Å²) in [5.74, 6) is 0.916. The van der Waals surface area contributed by atoms with E-state index >= 15 is 0 Å². The molecule has 2 aromatic rings. The fraction of sp³-hybridized carbons (Fsp3) is 0.176. The van der Waals surface area contributed by atoms with Crippen LogP contribution in [0, 0.1) is 0 Å². The Morgan fingerprint density at radius 3 is 2.71 bits per heavy atom. The lowest BCUT2D eigenvalue weighted by Gasteiger charge is -2.07.